The van der Waals surface area contributed by atoms with Crippen molar-refractivity contribution < 1.29 is 19.1 Å². The quantitative estimate of drug-likeness (QED) is 0.520. The van der Waals surface area contributed by atoms with Crippen LogP contribution in [0.5, 0.6) is 0 Å². The molecule has 3 heterocycles. The fourth-order valence-corrected chi connectivity index (χ4v) is 5.65. The molecule has 0 radical (unpaired) electrons. The number of carbonyl (C=O) groups is 2. The summed E-state index contributed by atoms with van der Waals surface area (Å²) in [5.74, 6) is -1.65. The summed E-state index contributed by atoms with van der Waals surface area (Å²) >= 11 is 0. The summed E-state index contributed by atoms with van der Waals surface area (Å²) in [6, 6.07) is 9.19. The van der Waals surface area contributed by atoms with E-state index in [0.717, 1.165) is 50.8 Å². The molecule has 3 fully saturated rings. The van der Waals surface area contributed by atoms with Crippen LogP contribution in [-0.4, -0.2) is 43.9 Å². The minimum Gasteiger partial charge on any atom is -0.481 e. The van der Waals surface area contributed by atoms with Crippen molar-refractivity contribution in [2.45, 2.75) is 69.7 Å². The summed E-state index contributed by atoms with van der Waals surface area (Å²) < 4.78 is 17.5. The number of hydrogen-bond acceptors (Lipinski definition) is 3. The van der Waals surface area contributed by atoms with Gasteiger partial charge < -0.3 is 14.4 Å². The fraction of sp³-hybridized carbons (Fsp3) is 0.464. The Balaban J connectivity index is 1.39. The summed E-state index contributed by atoms with van der Waals surface area (Å²) in [6.45, 7) is 2.87. The highest BCUT2D eigenvalue weighted by molar-refractivity contribution is 5.93. The van der Waals surface area contributed by atoms with Gasteiger partial charge >= 0.3 is 5.97 Å². The Labute approximate surface area is 203 Å². The zero-order valence-electron chi connectivity index (χ0n) is 19.9. The Morgan fingerprint density at radius 1 is 1.11 bits per heavy atom. The highest BCUT2D eigenvalue weighted by Gasteiger charge is 2.45. The van der Waals surface area contributed by atoms with E-state index in [1.54, 1.807) is 18.2 Å². The third-order valence-electron chi connectivity index (χ3n) is 7.97. The number of fused-ring (bicyclic) bond motifs is 1. The number of amides is 1. The summed E-state index contributed by atoms with van der Waals surface area (Å²) in [4.78, 5) is 31.5. The second kappa shape index (κ2) is 8.47. The molecule has 6 rings (SSSR count). The van der Waals surface area contributed by atoms with Gasteiger partial charge in [-0.25, -0.2) is 9.37 Å². The molecule has 1 saturated heterocycles. The van der Waals surface area contributed by atoms with E-state index in [9.17, 15) is 14.7 Å². The molecule has 7 heteroatoms. The van der Waals surface area contributed by atoms with Gasteiger partial charge in [-0.2, -0.15) is 0 Å². The number of carboxylic acids is 1. The molecule has 2 aromatic heterocycles. The Kier molecular flexibility index (Phi) is 5.38. The first-order valence-corrected chi connectivity index (χ1v) is 12.8. The average molecular weight is 476 g/mol. The number of aliphatic carboxylic acids is 1. The summed E-state index contributed by atoms with van der Waals surface area (Å²) in [6.07, 6.45) is 8.84. The smallest absolute Gasteiger partial charge is 0.307 e. The molecule has 3 aromatic rings. The average Bonchev–Trinajstić information content (AvgIpc) is 3.75. The molecular formula is C28H30FN3O3. The zero-order valence-corrected chi connectivity index (χ0v) is 19.9. The zero-order chi connectivity index (χ0) is 24.3. The summed E-state index contributed by atoms with van der Waals surface area (Å²) in [5.41, 5.74) is 3.77. The topological polar surface area (TPSA) is 74.9 Å². The lowest BCUT2D eigenvalue weighted by Crippen LogP contribution is -2.38. The molecule has 1 aromatic carbocycles. The van der Waals surface area contributed by atoms with Crippen LogP contribution in [0.15, 0.2) is 36.5 Å². The Hall–Kier alpha value is -3.22. The number of benzene rings is 1. The van der Waals surface area contributed by atoms with E-state index in [1.807, 2.05) is 27.6 Å². The van der Waals surface area contributed by atoms with Gasteiger partial charge in [0.15, 0.2) is 0 Å². The number of hydrogen-bond donors (Lipinski definition) is 1. The second-order valence-corrected chi connectivity index (χ2v) is 10.5. The van der Waals surface area contributed by atoms with Crippen LogP contribution in [0.25, 0.3) is 16.8 Å². The van der Waals surface area contributed by atoms with Crippen LogP contribution in [0.1, 0.15) is 85.5 Å². The van der Waals surface area contributed by atoms with Crippen molar-refractivity contribution in [3.8, 4) is 11.1 Å². The monoisotopic (exact) mass is 475 g/mol. The van der Waals surface area contributed by atoms with Gasteiger partial charge in [0.05, 0.1) is 5.92 Å². The van der Waals surface area contributed by atoms with E-state index in [2.05, 4.69) is 6.92 Å². The molecule has 2 saturated carbocycles. The van der Waals surface area contributed by atoms with Gasteiger partial charge in [-0.1, -0.05) is 31.0 Å². The maximum Gasteiger partial charge on any atom is 0.307 e. The van der Waals surface area contributed by atoms with Gasteiger partial charge in [0.1, 0.15) is 17.2 Å². The lowest BCUT2D eigenvalue weighted by molar-refractivity contribution is -0.138. The minimum absolute atomic E-state index is 0.0202. The third kappa shape index (κ3) is 4.01. The molecule has 35 heavy (non-hydrogen) atoms. The van der Waals surface area contributed by atoms with Gasteiger partial charge in [-0.05, 0) is 62.6 Å². The molecule has 0 bridgehead atoms. The van der Waals surface area contributed by atoms with E-state index in [0.29, 0.717) is 40.4 Å². The highest BCUT2D eigenvalue weighted by atomic mass is 19.1. The molecule has 2 aliphatic carbocycles. The predicted octanol–water partition coefficient (Wildman–Crippen LogP) is 5.61. The molecule has 6 nitrogen and oxygen atoms in total. The second-order valence-electron chi connectivity index (χ2n) is 10.5. The predicted molar refractivity (Wildman–Crippen MR) is 130 cm³/mol. The molecular weight excluding hydrogens is 445 g/mol. The van der Waals surface area contributed by atoms with Crippen molar-refractivity contribution in [3.63, 3.8) is 0 Å². The van der Waals surface area contributed by atoms with Crippen molar-refractivity contribution in [1.82, 2.24) is 14.3 Å². The van der Waals surface area contributed by atoms with E-state index in [1.165, 1.54) is 0 Å². The Morgan fingerprint density at radius 2 is 1.94 bits per heavy atom. The minimum atomic E-state index is -0.872. The van der Waals surface area contributed by atoms with Gasteiger partial charge in [0.25, 0.3) is 5.91 Å². The van der Waals surface area contributed by atoms with E-state index in [-0.39, 0.29) is 23.7 Å². The normalized spacial score (nSPS) is 24.4. The molecule has 1 N–H and O–H groups in total. The first-order valence-electron chi connectivity index (χ1n) is 12.8. The summed E-state index contributed by atoms with van der Waals surface area (Å²) in [5, 5.41) is 9.28. The van der Waals surface area contributed by atoms with Crippen LogP contribution in [0.4, 0.5) is 4.39 Å². The lowest BCUT2D eigenvalue weighted by atomic mass is 10.0. The van der Waals surface area contributed by atoms with Gasteiger partial charge in [-0.3, -0.25) is 9.59 Å². The van der Waals surface area contributed by atoms with Crippen molar-refractivity contribution >= 4 is 17.5 Å². The van der Waals surface area contributed by atoms with Crippen LogP contribution >= 0.6 is 0 Å². The number of rotatable bonds is 5. The van der Waals surface area contributed by atoms with E-state index in [4.69, 9.17) is 4.98 Å². The summed E-state index contributed by atoms with van der Waals surface area (Å²) in [7, 11) is 0. The molecule has 1 aliphatic heterocycles. The van der Waals surface area contributed by atoms with Crippen molar-refractivity contribution in [1.29, 1.82) is 0 Å². The maximum atomic E-state index is 15.5. The van der Waals surface area contributed by atoms with Crippen LogP contribution in [-0.2, 0) is 4.79 Å². The molecule has 3 atom stereocenters. The number of carbonyl (C=O) groups excluding carboxylic acids is 1. The molecule has 1 unspecified atom stereocenters. The third-order valence-corrected chi connectivity index (χ3v) is 7.97. The number of nitrogens with zero attached hydrogens (tertiary/aromatic N) is 3. The van der Waals surface area contributed by atoms with Gasteiger partial charge in [0, 0.05) is 41.5 Å². The van der Waals surface area contributed by atoms with Crippen molar-refractivity contribution in [3.05, 3.63) is 59.3 Å². The fourth-order valence-electron chi connectivity index (χ4n) is 5.65. The number of aromatic nitrogens is 2. The molecule has 3 aliphatic rings. The number of likely N-dealkylation sites (tertiary alicyclic amines) is 1. The van der Waals surface area contributed by atoms with Crippen molar-refractivity contribution in [2.75, 3.05) is 6.54 Å². The van der Waals surface area contributed by atoms with Crippen molar-refractivity contribution in [2.24, 2.45) is 5.92 Å². The van der Waals surface area contributed by atoms with E-state index >= 15 is 4.39 Å². The Morgan fingerprint density at radius 3 is 2.69 bits per heavy atom. The lowest BCUT2D eigenvalue weighted by Gasteiger charge is -2.27. The SMILES string of the molecule is C[C@@H]1CCCCCN1C(=O)c1cc(C2CC2)n2cc(-c3cccc(C4C[C@@H]4C(=O)O)c3F)cc2n1. The molecule has 0 spiro atoms. The van der Waals surface area contributed by atoms with Gasteiger partial charge in [-0.15, -0.1) is 0 Å². The largest absolute Gasteiger partial charge is 0.481 e. The van der Waals surface area contributed by atoms with Crippen LogP contribution in [0, 0.1) is 11.7 Å². The first-order chi connectivity index (χ1) is 16.9. The Bertz CT molecular complexity index is 1330. The number of carboxylic acid groups (broad SMARTS) is 1. The standard InChI is InChI=1S/C28H30FN3O3/c1-16-6-3-2-4-11-31(16)27(33)23-14-24(17-9-10-17)32-15-18(12-25(32)30-23)19-7-5-8-20(26(19)29)21-13-22(21)28(34)35/h5,7-8,12,14-17,21-22H,2-4,6,9-11,13H2,1H3,(H,34,35)/t16-,21?,22+/m1/s1. The van der Waals surface area contributed by atoms with Crippen LogP contribution in [0.2, 0.25) is 0 Å². The van der Waals surface area contributed by atoms with E-state index < -0.39 is 11.9 Å². The highest BCUT2D eigenvalue weighted by Crippen LogP contribution is 2.49. The molecule has 182 valence electrons. The maximum absolute atomic E-state index is 15.5. The van der Waals surface area contributed by atoms with Crippen LogP contribution < -0.4 is 0 Å². The first kappa shape index (κ1) is 22.3. The molecule has 1 amide bonds. The van der Waals surface area contributed by atoms with Crippen LogP contribution in [0.3, 0.4) is 0 Å². The van der Waals surface area contributed by atoms with Gasteiger partial charge in [0.2, 0.25) is 0 Å². The number of halogens is 1.